The normalized spacial score (nSPS) is 23.0. The average molecular weight is 426 g/mol. The van der Waals surface area contributed by atoms with Crippen molar-refractivity contribution in [2.24, 2.45) is 0 Å². The summed E-state index contributed by atoms with van der Waals surface area (Å²) >= 11 is 6.05. The van der Waals surface area contributed by atoms with Crippen LogP contribution in [-0.4, -0.2) is 55.3 Å². The molecule has 2 unspecified atom stereocenters. The number of halogens is 1. The number of hydrogen-bond donors (Lipinski definition) is 1. The van der Waals surface area contributed by atoms with Crippen molar-refractivity contribution in [3.8, 4) is 6.07 Å². The van der Waals surface area contributed by atoms with Crippen molar-refractivity contribution < 1.29 is 22.7 Å². The summed E-state index contributed by atoms with van der Waals surface area (Å²) in [4.78, 5) is 26.1. The van der Waals surface area contributed by atoms with E-state index in [2.05, 4.69) is 5.32 Å². The first-order valence-corrected chi connectivity index (χ1v) is 10.8. The summed E-state index contributed by atoms with van der Waals surface area (Å²) in [6.07, 6.45) is 0.201. The number of carbonyl (C=O) groups excluding carboxylic acids is 2. The largest absolute Gasteiger partial charge is 0.450 e. The van der Waals surface area contributed by atoms with E-state index >= 15 is 0 Å². The molecule has 1 heterocycles. The highest BCUT2D eigenvalue weighted by Gasteiger charge is 2.50. The van der Waals surface area contributed by atoms with E-state index in [0.717, 1.165) is 4.90 Å². The number of benzene rings is 1. The van der Waals surface area contributed by atoms with Crippen molar-refractivity contribution in [3.63, 3.8) is 0 Å². The van der Waals surface area contributed by atoms with E-state index in [4.69, 9.17) is 16.3 Å². The molecule has 10 heteroatoms. The van der Waals surface area contributed by atoms with Gasteiger partial charge in [0.05, 0.1) is 27.8 Å². The molecule has 1 saturated heterocycles. The molecule has 1 N–H and O–H groups in total. The van der Waals surface area contributed by atoms with Gasteiger partial charge in [0.2, 0.25) is 5.91 Å². The second-order valence-electron chi connectivity index (χ2n) is 6.88. The van der Waals surface area contributed by atoms with Crippen LogP contribution in [0.1, 0.15) is 26.2 Å². The molecule has 1 aromatic carbocycles. The minimum atomic E-state index is -3.88. The van der Waals surface area contributed by atoms with Crippen molar-refractivity contribution in [2.45, 2.75) is 47.9 Å². The maximum atomic E-state index is 13.1. The van der Waals surface area contributed by atoms with E-state index in [0.29, 0.717) is 12.8 Å². The summed E-state index contributed by atoms with van der Waals surface area (Å²) in [6.45, 7) is 1.52. The number of likely N-dealkylation sites (tertiary alicyclic amines) is 1. The number of amides is 2. The zero-order valence-electron chi connectivity index (χ0n) is 15.2. The van der Waals surface area contributed by atoms with Crippen LogP contribution in [0.2, 0.25) is 5.02 Å². The SMILES string of the molecule is CCOC(=O)N1CC(S(=O)(=O)c2ccccc2Cl)CC1C(=O)NC1(C#N)CC1. The van der Waals surface area contributed by atoms with Gasteiger partial charge in [-0.15, -0.1) is 0 Å². The molecule has 1 aliphatic carbocycles. The highest BCUT2D eigenvalue weighted by atomic mass is 35.5. The summed E-state index contributed by atoms with van der Waals surface area (Å²) in [5, 5.41) is 10.9. The third-order valence-corrected chi connectivity index (χ3v) is 7.61. The first-order valence-electron chi connectivity index (χ1n) is 8.89. The van der Waals surface area contributed by atoms with Crippen LogP contribution in [0.25, 0.3) is 0 Å². The molecular formula is C18H20ClN3O5S. The predicted molar refractivity (Wildman–Crippen MR) is 100 cm³/mol. The Morgan fingerprint density at radius 3 is 2.64 bits per heavy atom. The number of ether oxygens (including phenoxy) is 1. The summed E-state index contributed by atoms with van der Waals surface area (Å²) in [7, 11) is -3.88. The van der Waals surface area contributed by atoms with Gasteiger partial charge in [0.1, 0.15) is 11.6 Å². The maximum absolute atomic E-state index is 13.1. The Balaban J connectivity index is 1.87. The number of nitriles is 1. The molecule has 1 saturated carbocycles. The van der Waals surface area contributed by atoms with Gasteiger partial charge in [-0.1, -0.05) is 23.7 Å². The summed E-state index contributed by atoms with van der Waals surface area (Å²) in [6, 6.07) is 7.06. The van der Waals surface area contributed by atoms with Gasteiger partial charge >= 0.3 is 6.09 Å². The summed E-state index contributed by atoms with van der Waals surface area (Å²) in [5.74, 6) is -0.552. The van der Waals surface area contributed by atoms with Gasteiger partial charge in [-0.05, 0) is 38.3 Å². The molecule has 0 aromatic heterocycles. The first kappa shape index (κ1) is 20.4. The fourth-order valence-corrected chi connectivity index (χ4v) is 5.46. The molecule has 2 fully saturated rings. The molecule has 8 nitrogen and oxygen atoms in total. The molecule has 0 spiro atoms. The first-order chi connectivity index (χ1) is 13.2. The van der Waals surface area contributed by atoms with Gasteiger partial charge in [-0.3, -0.25) is 9.69 Å². The number of nitrogens with one attached hydrogen (secondary N) is 1. The van der Waals surface area contributed by atoms with E-state index in [9.17, 15) is 23.3 Å². The molecule has 2 amide bonds. The van der Waals surface area contributed by atoms with E-state index in [1.54, 1.807) is 19.1 Å². The topological polar surface area (TPSA) is 117 Å². The Bertz CT molecular complexity index is 939. The van der Waals surface area contributed by atoms with Gasteiger partial charge in [0, 0.05) is 6.54 Å². The summed E-state index contributed by atoms with van der Waals surface area (Å²) < 4.78 is 31.1. The van der Waals surface area contributed by atoms with Gasteiger partial charge < -0.3 is 10.1 Å². The van der Waals surface area contributed by atoms with E-state index in [-0.39, 0.29) is 29.5 Å². The molecule has 150 valence electrons. The molecule has 28 heavy (non-hydrogen) atoms. The number of carbonyl (C=O) groups is 2. The predicted octanol–water partition coefficient (Wildman–Crippen LogP) is 1.89. The van der Waals surface area contributed by atoms with Crippen LogP contribution in [0.5, 0.6) is 0 Å². The quantitative estimate of drug-likeness (QED) is 0.769. The Labute approximate surface area is 168 Å². The van der Waals surface area contributed by atoms with E-state index < -0.39 is 38.7 Å². The summed E-state index contributed by atoms with van der Waals surface area (Å²) in [5.41, 5.74) is -0.920. The minimum absolute atomic E-state index is 0.0396. The van der Waals surface area contributed by atoms with Gasteiger partial charge in [0.25, 0.3) is 0 Å². The highest BCUT2D eigenvalue weighted by molar-refractivity contribution is 7.92. The lowest BCUT2D eigenvalue weighted by atomic mass is 10.2. The Morgan fingerprint density at radius 2 is 2.07 bits per heavy atom. The molecule has 3 rings (SSSR count). The lowest BCUT2D eigenvalue weighted by molar-refractivity contribution is -0.125. The molecule has 0 bridgehead atoms. The van der Waals surface area contributed by atoms with Crippen LogP contribution < -0.4 is 5.32 Å². The van der Waals surface area contributed by atoms with Crippen LogP contribution in [-0.2, 0) is 19.4 Å². The maximum Gasteiger partial charge on any atom is 0.410 e. The Hall–Kier alpha value is -2.31. The zero-order chi connectivity index (χ0) is 20.5. The van der Waals surface area contributed by atoms with Crippen LogP contribution in [0, 0.1) is 11.3 Å². The van der Waals surface area contributed by atoms with Crippen molar-refractivity contribution in [1.82, 2.24) is 10.2 Å². The lowest BCUT2D eigenvalue weighted by Gasteiger charge is -2.23. The molecule has 0 radical (unpaired) electrons. The third-order valence-electron chi connectivity index (χ3n) is 4.98. The second kappa shape index (κ2) is 7.60. The van der Waals surface area contributed by atoms with Crippen molar-refractivity contribution in [3.05, 3.63) is 29.3 Å². The zero-order valence-corrected chi connectivity index (χ0v) is 16.8. The highest BCUT2D eigenvalue weighted by Crippen LogP contribution is 2.36. The number of hydrogen-bond acceptors (Lipinski definition) is 6. The number of sulfone groups is 1. The van der Waals surface area contributed by atoms with Crippen molar-refractivity contribution >= 4 is 33.4 Å². The van der Waals surface area contributed by atoms with Crippen LogP contribution in [0.4, 0.5) is 4.79 Å². The second-order valence-corrected chi connectivity index (χ2v) is 9.49. The Morgan fingerprint density at radius 1 is 1.39 bits per heavy atom. The van der Waals surface area contributed by atoms with Crippen LogP contribution in [0.15, 0.2) is 29.2 Å². The molecular weight excluding hydrogens is 406 g/mol. The fraction of sp³-hybridized carbons (Fsp3) is 0.500. The van der Waals surface area contributed by atoms with Crippen LogP contribution in [0.3, 0.4) is 0 Å². The molecule has 1 aliphatic heterocycles. The number of rotatable bonds is 5. The molecule has 1 aromatic rings. The van der Waals surface area contributed by atoms with Crippen molar-refractivity contribution in [2.75, 3.05) is 13.2 Å². The fourth-order valence-electron chi connectivity index (χ4n) is 3.24. The minimum Gasteiger partial charge on any atom is -0.450 e. The van der Waals surface area contributed by atoms with E-state index in [1.165, 1.54) is 12.1 Å². The van der Waals surface area contributed by atoms with Crippen molar-refractivity contribution in [1.29, 1.82) is 5.26 Å². The smallest absolute Gasteiger partial charge is 0.410 e. The van der Waals surface area contributed by atoms with Gasteiger partial charge in [-0.25, -0.2) is 13.2 Å². The van der Waals surface area contributed by atoms with Gasteiger partial charge in [0.15, 0.2) is 9.84 Å². The molecule has 2 aliphatic rings. The molecule has 2 atom stereocenters. The third kappa shape index (κ3) is 3.80. The lowest BCUT2D eigenvalue weighted by Crippen LogP contribution is -2.49. The standard InChI is InChI=1S/C18H20ClN3O5S/c1-2-27-17(24)22-10-12(28(25,26)15-6-4-3-5-13(15)19)9-14(22)16(23)21-18(11-20)7-8-18/h3-6,12,14H,2,7-10H2,1H3,(H,21,23). The monoisotopic (exact) mass is 425 g/mol. The Kier molecular flexibility index (Phi) is 5.55. The number of nitrogens with zero attached hydrogens (tertiary/aromatic N) is 2. The van der Waals surface area contributed by atoms with Crippen LogP contribution >= 0.6 is 11.6 Å². The van der Waals surface area contributed by atoms with E-state index in [1.807, 2.05) is 6.07 Å². The van der Waals surface area contributed by atoms with Gasteiger partial charge in [-0.2, -0.15) is 5.26 Å². The average Bonchev–Trinajstić information content (AvgIpc) is 3.27.